The summed E-state index contributed by atoms with van der Waals surface area (Å²) in [7, 11) is 2.10. The van der Waals surface area contributed by atoms with Crippen molar-refractivity contribution in [2.45, 2.75) is 50.5 Å². The molecule has 2 N–H and O–H groups in total. The predicted octanol–water partition coefficient (Wildman–Crippen LogP) is 2.42. The van der Waals surface area contributed by atoms with Gasteiger partial charge in [0, 0.05) is 5.54 Å². The van der Waals surface area contributed by atoms with Crippen molar-refractivity contribution in [1.29, 1.82) is 0 Å². The summed E-state index contributed by atoms with van der Waals surface area (Å²) in [5, 5.41) is 13.7. The maximum Gasteiger partial charge on any atom is 0.0618 e. The van der Waals surface area contributed by atoms with Crippen molar-refractivity contribution in [1.82, 2.24) is 5.32 Å². The van der Waals surface area contributed by atoms with Crippen LogP contribution in [0.25, 0.3) is 0 Å². The molecule has 0 aromatic carbocycles. The highest BCUT2D eigenvalue weighted by molar-refractivity contribution is 5.12. The van der Waals surface area contributed by atoms with E-state index >= 15 is 0 Å². The van der Waals surface area contributed by atoms with Gasteiger partial charge in [0.15, 0.2) is 0 Å². The van der Waals surface area contributed by atoms with E-state index in [9.17, 15) is 5.11 Å². The van der Waals surface area contributed by atoms with Gasteiger partial charge in [-0.25, -0.2) is 0 Å². The lowest BCUT2D eigenvalue weighted by Crippen LogP contribution is -2.63. The van der Waals surface area contributed by atoms with Crippen LogP contribution in [0.5, 0.6) is 0 Å². The van der Waals surface area contributed by atoms with E-state index in [0.717, 1.165) is 35.5 Å². The van der Waals surface area contributed by atoms with Crippen molar-refractivity contribution in [2.75, 3.05) is 13.7 Å². The fraction of sp³-hybridized carbons (Fsp3) is 1.00. The van der Waals surface area contributed by atoms with Gasteiger partial charge < -0.3 is 10.4 Å². The largest absolute Gasteiger partial charge is 0.394 e. The number of aliphatic hydroxyl groups is 1. The van der Waals surface area contributed by atoms with E-state index in [1.807, 2.05) is 0 Å². The zero-order valence-corrected chi connectivity index (χ0v) is 11.6. The molecule has 4 bridgehead atoms. The van der Waals surface area contributed by atoms with Crippen LogP contribution in [0.4, 0.5) is 0 Å². The highest BCUT2D eigenvalue weighted by Gasteiger charge is 2.59. The van der Waals surface area contributed by atoms with Gasteiger partial charge >= 0.3 is 0 Å². The summed E-state index contributed by atoms with van der Waals surface area (Å²) in [5.74, 6) is 5.44. The van der Waals surface area contributed by atoms with Crippen LogP contribution in [0.1, 0.15) is 44.9 Å². The summed E-state index contributed by atoms with van der Waals surface area (Å²) < 4.78 is 0. The van der Waals surface area contributed by atoms with Gasteiger partial charge in [-0.3, -0.25) is 0 Å². The summed E-state index contributed by atoms with van der Waals surface area (Å²) in [6, 6.07) is 0. The Labute approximate surface area is 111 Å². The van der Waals surface area contributed by atoms with E-state index < -0.39 is 0 Å². The number of rotatable bonds is 4. The summed E-state index contributed by atoms with van der Waals surface area (Å²) >= 11 is 0. The summed E-state index contributed by atoms with van der Waals surface area (Å²) in [6.07, 6.45) is 10.1. The lowest BCUT2D eigenvalue weighted by Gasteiger charge is -2.60. The molecule has 0 aromatic rings. The molecule has 0 amide bonds. The maximum atomic E-state index is 10.1. The third-order valence-electron chi connectivity index (χ3n) is 6.85. The summed E-state index contributed by atoms with van der Waals surface area (Å²) in [6.45, 7) is 0.362. The molecule has 0 aliphatic heterocycles. The van der Waals surface area contributed by atoms with Crippen LogP contribution < -0.4 is 5.32 Å². The number of hydrogen-bond acceptors (Lipinski definition) is 2. The fourth-order valence-electron chi connectivity index (χ4n) is 6.32. The van der Waals surface area contributed by atoms with Gasteiger partial charge in [0.2, 0.25) is 0 Å². The van der Waals surface area contributed by atoms with Gasteiger partial charge in [0.05, 0.1) is 6.61 Å². The van der Waals surface area contributed by atoms with Gasteiger partial charge in [0.1, 0.15) is 0 Å². The molecule has 0 heterocycles. The SMILES string of the molecule is CNC(CO)(C1CC1)C1C2CC3CC(C2)CC1C3. The molecule has 5 fully saturated rings. The van der Waals surface area contributed by atoms with E-state index in [-0.39, 0.29) is 5.54 Å². The van der Waals surface area contributed by atoms with Crippen molar-refractivity contribution in [3.8, 4) is 0 Å². The molecule has 5 aliphatic rings. The topological polar surface area (TPSA) is 32.3 Å². The van der Waals surface area contributed by atoms with Crippen LogP contribution in [0, 0.1) is 35.5 Å². The van der Waals surface area contributed by atoms with Crippen LogP contribution in [-0.2, 0) is 0 Å². The van der Waals surface area contributed by atoms with Crippen LogP contribution >= 0.6 is 0 Å². The van der Waals surface area contributed by atoms with Crippen molar-refractivity contribution in [2.24, 2.45) is 35.5 Å². The Morgan fingerprint density at radius 2 is 1.56 bits per heavy atom. The zero-order valence-electron chi connectivity index (χ0n) is 11.6. The molecule has 1 atom stereocenters. The number of likely N-dealkylation sites (N-methyl/N-ethyl adjacent to an activating group) is 1. The van der Waals surface area contributed by atoms with E-state index in [2.05, 4.69) is 12.4 Å². The molecule has 0 radical (unpaired) electrons. The molecule has 0 spiro atoms. The summed E-state index contributed by atoms with van der Waals surface area (Å²) in [4.78, 5) is 0. The van der Waals surface area contributed by atoms with Crippen molar-refractivity contribution >= 4 is 0 Å². The Morgan fingerprint density at radius 1 is 1.00 bits per heavy atom. The first kappa shape index (κ1) is 11.7. The van der Waals surface area contributed by atoms with E-state index in [0.29, 0.717) is 6.61 Å². The van der Waals surface area contributed by atoms with Crippen LogP contribution in [0.15, 0.2) is 0 Å². The molecule has 0 saturated heterocycles. The van der Waals surface area contributed by atoms with Gasteiger partial charge in [-0.15, -0.1) is 0 Å². The molecule has 102 valence electrons. The van der Waals surface area contributed by atoms with Crippen molar-refractivity contribution in [3.05, 3.63) is 0 Å². The van der Waals surface area contributed by atoms with E-state index in [1.165, 1.54) is 44.9 Å². The second-order valence-electron chi connectivity index (χ2n) is 7.68. The van der Waals surface area contributed by atoms with Crippen LogP contribution in [0.2, 0.25) is 0 Å². The zero-order chi connectivity index (χ0) is 12.3. The molecule has 5 saturated carbocycles. The highest BCUT2D eigenvalue weighted by atomic mass is 16.3. The van der Waals surface area contributed by atoms with Crippen LogP contribution in [-0.4, -0.2) is 24.3 Å². The van der Waals surface area contributed by atoms with Gasteiger partial charge in [-0.05, 0) is 87.5 Å². The second kappa shape index (κ2) is 3.96. The first-order valence-electron chi connectivity index (χ1n) is 8.06. The minimum absolute atomic E-state index is 0.0720. The van der Waals surface area contributed by atoms with Gasteiger partial charge in [-0.1, -0.05) is 0 Å². The van der Waals surface area contributed by atoms with Crippen molar-refractivity contribution < 1.29 is 5.11 Å². The van der Waals surface area contributed by atoms with E-state index in [1.54, 1.807) is 0 Å². The van der Waals surface area contributed by atoms with E-state index in [4.69, 9.17) is 0 Å². The maximum absolute atomic E-state index is 10.1. The molecule has 2 heteroatoms. The third kappa shape index (κ3) is 1.48. The first-order valence-corrected chi connectivity index (χ1v) is 8.06. The lowest BCUT2D eigenvalue weighted by molar-refractivity contribution is -0.0953. The molecule has 18 heavy (non-hydrogen) atoms. The normalized spacial score (nSPS) is 49.3. The Hall–Kier alpha value is -0.0800. The third-order valence-corrected chi connectivity index (χ3v) is 6.85. The number of aliphatic hydroxyl groups excluding tert-OH is 1. The molecule has 1 unspecified atom stereocenters. The molecule has 2 nitrogen and oxygen atoms in total. The molecule has 5 aliphatic carbocycles. The predicted molar refractivity (Wildman–Crippen MR) is 72.1 cm³/mol. The molecule has 5 rings (SSSR count). The first-order chi connectivity index (χ1) is 8.76. The summed E-state index contributed by atoms with van der Waals surface area (Å²) in [5.41, 5.74) is 0.0720. The quantitative estimate of drug-likeness (QED) is 0.802. The lowest BCUT2D eigenvalue weighted by atomic mass is 9.47. The standard InChI is InChI=1S/C16H27NO/c1-17-16(9-18,14-2-3-14)15-12-5-10-4-11(7-12)8-13(15)6-10/h10-15,17-18H,2-9H2,1H3. The monoisotopic (exact) mass is 249 g/mol. The van der Waals surface area contributed by atoms with Gasteiger partial charge in [-0.2, -0.15) is 0 Å². The molecule has 0 aromatic heterocycles. The Morgan fingerprint density at radius 3 is 1.94 bits per heavy atom. The van der Waals surface area contributed by atoms with Crippen molar-refractivity contribution in [3.63, 3.8) is 0 Å². The molecular formula is C16H27NO. The minimum atomic E-state index is 0.0720. The highest BCUT2D eigenvalue weighted by Crippen LogP contribution is 2.61. The second-order valence-corrected chi connectivity index (χ2v) is 7.68. The van der Waals surface area contributed by atoms with Gasteiger partial charge in [0.25, 0.3) is 0 Å². The molecular weight excluding hydrogens is 222 g/mol. The Bertz CT molecular complexity index is 304. The fourth-order valence-corrected chi connectivity index (χ4v) is 6.32. The van der Waals surface area contributed by atoms with Crippen LogP contribution in [0.3, 0.4) is 0 Å². The number of hydrogen-bond donors (Lipinski definition) is 2. The number of nitrogens with one attached hydrogen (secondary N) is 1. The average Bonchev–Trinajstić information content (AvgIpc) is 3.18. The smallest absolute Gasteiger partial charge is 0.0618 e. The minimum Gasteiger partial charge on any atom is -0.394 e. The Kier molecular flexibility index (Phi) is 2.58. The Balaban J connectivity index is 1.66. The average molecular weight is 249 g/mol.